The first-order valence-corrected chi connectivity index (χ1v) is 5.72. The van der Waals surface area contributed by atoms with Crippen LogP contribution >= 0.6 is 0 Å². The minimum atomic E-state index is -0.561. The van der Waals surface area contributed by atoms with Gasteiger partial charge in [0.05, 0.1) is 13.3 Å². The molecule has 6 heteroatoms. The lowest BCUT2D eigenvalue weighted by Gasteiger charge is -2.06. The van der Waals surface area contributed by atoms with Crippen LogP contribution in [-0.4, -0.2) is 23.2 Å². The normalized spacial score (nSPS) is 10.3. The van der Waals surface area contributed by atoms with Crippen molar-refractivity contribution in [3.8, 4) is 5.75 Å². The molecule has 2 rings (SSSR count). The zero-order valence-corrected chi connectivity index (χ0v) is 10.7. The lowest BCUT2D eigenvalue weighted by atomic mass is 10.2. The number of carbonyl (C=O) groups is 1. The first-order valence-electron chi connectivity index (χ1n) is 5.72. The molecule has 0 aliphatic rings. The summed E-state index contributed by atoms with van der Waals surface area (Å²) in [6.45, 7) is 2.20. The van der Waals surface area contributed by atoms with Crippen molar-refractivity contribution in [3.63, 3.8) is 0 Å². The van der Waals surface area contributed by atoms with E-state index in [2.05, 4.69) is 15.5 Å². The number of nitrogens with one attached hydrogen (secondary N) is 2. The number of carbonyl (C=O) groups excluding carboxylic acids is 1. The fourth-order valence-electron chi connectivity index (χ4n) is 1.64. The van der Waals surface area contributed by atoms with Gasteiger partial charge in [-0.15, -0.1) is 0 Å². The van der Waals surface area contributed by atoms with Gasteiger partial charge in [-0.05, 0) is 25.1 Å². The molecule has 0 atom stereocenters. The molecule has 5 nitrogen and oxygen atoms in total. The van der Waals surface area contributed by atoms with Crippen LogP contribution in [0.25, 0.3) is 0 Å². The van der Waals surface area contributed by atoms with Crippen molar-refractivity contribution >= 4 is 5.91 Å². The van der Waals surface area contributed by atoms with E-state index in [9.17, 15) is 9.18 Å². The Morgan fingerprint density at radius 3 is 2.89 bits per heavy atom. The van der Waals surface area contributed by atoms with Gasteiger partial charge in [0, 0.05) is 23.4 Å². The summed E-state index contributed by atoms with van der Waals surface area (Å²) in [5.41, 5.74) is 2.03. The number of hydrogen-bond donors (Lipinski definition) is 2. The number of halogens is 1. The van der Waals surface area contributed by atoms with E-state index in [4.69, 9.17) is 4.74 Å². The molecule has 0 radical (unpaired) electrons. The van der Waals surface area contributed by atoms with E-state index in [-0.39, 0.29) is 17.2 Å². The van der Waals surface area contributed by atoms with Crippen LogP contribution in [0.5, 0.6) is 5.75 Å². The SMILES string of the molecule is COc1ccc(C(=O)NCc2cn[nH]c2C)cc1F. The first-order chi connectivity index (χ1) is 9.11. The van der Waals surface area contributed by atoms with Gasteiger partial charge in [-0.2, -0.15) is 5.10 Å². The molecule has 0 aliphatic carbocycles. The summed E-state index contributed by atoms with van der Waals surface area (Å²) in [6, 6.07) is 4.09. The van der Waals surface area contributed by atoms with Gasteiger partial charge in [0.1, 0.15) is 0 Å². The van der Waals surface area contributed by atoms with Crippen LogP contribution in [0.15, 0.2) is 24.4 Å². The number of aromatic amines is 1. The van der Waals surface area contributed by atoms with E-state index in [0.29, 0.717) is 6.54 Å². The molecule has 0 unspecified atom stereocenters. The molecule has 1 aromatic carbocycles. The minimum absolute atomic E-state index is 0.113. The van der Waals surface area contributed by atoms with Crippen LogP contribution in [0, 0.1) is 12.7 Å². The second-order valence-corrected chi connectivity index (χ2v) is 4.05. The number of ether oxygens (including phenoxy) is 1. The molecule has 100 valence electrons. The zero-order valence-electron chi connectivity index (χ0n) is 10.7. The quantitative estimate of drug-likeness (QED) is 0.883. The number of aromatic nitrogens is 2. The average Bonchev–Trinajstić information content (AvgIpc) is 2.81. The summed E-state index contributed by atoms with van der Waals surface area (Å²) in [6.07, 6.45) is 1.64. The molecular weight excluding hydrogens is 249 g/mol. The molecule has 1 aromatic heterocycles. The Balaban J connectivity index is 2.04. The maximum atomic E-state index is 13.5. The molecule has 0 saturated heterocycles. The third-order valence-corrected chi connectivity index (χ3v) is 2.79. The van der Waals surface area contributed by atoms with Crippen LogP contribution in [-0.2, 0) is 6.54 Å². The summed E-state index contributed by atoms with van der Waals surface area (Å²) in [7, 11) is 1.37. The highest BCUT2D eigenvalue weighted by molar-refractivity contribution is 5.94. The van der Waals surface area contributed by atoms with E-state index < -0.39 is 5.82 Å². The molecular formula is C13H14FN3O2. The molecule has 0 saturated carbocycles. The van der Waals surface area contributed by atoms with E-state index in [1.165, 1.54) is 19.2 Å². The molecule has 1 amide bonds. The third kappa shape index (κ3) is 2.90. The molecule has 0 aliphatic heterocycles. The summed E-state index contributed by atoms with van der Waals surface area (Å²) in [4.78, 5) is 11.9. The Labute approximate surface area is 109 Å². The monoisotopic (exact) mass is 263 g/mol. The Hall–Kier alpha value is -2.37. The average molecular weight is 263 g/mol. The topological polar surface area (TPSA) is 67.0 Å². The highest BCUT2D eigenvalue weighted by Crippen LogP contribution is 2.17. The molecule has 0 bridgehead atoms. The Bertz CT molecular complexity index is 595. The van der Waals surface area contributed by atoms with E-state index in [1.54, 1.807) is 6.20 Å². The molecule has 2 N–H and O–H groups in total. The number of nitrogens with zero attached hydrogens (tertiary/aromatic N) is 1. The molecule has 0 fully saturated rings. The Morgan fingerprint density at radius 2 is 2.32 bits per heavy atom. The lowest BCUT2D eigenvalue weighted by Crippen LogP contribution is -2.23. The summed E-state index contributed by atoms with van der Waals surface area (Å²) >= 11 is 0. The van der Waals surface area contributed by atoms with Crippen molar-refractivity contribution in [2.75, 3.05) is 7.11 Å². The highest BCUT2D eigenvalue weighted by Gasteiger charge is 2.10. The third-order valence-electron chi connectivity index (χ3n) is 2.79. The largest absolute Gasteiger partial charge is 0.494 e. The van der Waals surface area contributed by atoms with E-state index >= 15 is 0 Å². The van der Waals surface area contributed by atoms with Crippen molar-refractivity contribution in [2.45, 2.75) is 13.5 Å². The Kier molecular flexibility index (Phi) is 3.79. The van der Waals surface area contributed by atoms with Gasteiger partial charge in [0.25, 0.3) is 5.91 Å². The number of benzene rings is 1. The summed E-state index contributed by atoms with van der Waals surface area (Å²) in [5.74, 6) is -0.793. The number of amides is 1. The predicted octanol–water partition coefficient (Wildman–Crippen LogP) is 1.80. The van der Waals surface area contributed by atoms with Crippen LogP contribution in [0.2, 0.25) is 0 Å². The number of H-pyrrole nitrogens is 1. The smallest absolute Gasteiger partial charge is 0.251 e. The standard InChI is InChI=1S/C13H14FN3O2/c1-8-10(7-16-17-8)6-15-13(18)9-3-4-12(19-2)11(14)5-9/h3-5,7H,6H2,1-2H3,(H,15,18)(H,16,17). The second-order valence-electron chi connectivity index (χ2n) is 4.05. The zero-order chi connectivity index (χ0) is 13.8. The molecule has 2 aromatic rings. The van der Waals surface area contributed by atoms with Crippen molar-refractivity contribution in [1.29, 1.82) is 0 Å². The van der Waals surface area contributed by atoms with Crippen molar-refractivity contribution in [1.82, 2.24) is 15.5 Å². The van der Waals surface area contributed by atoms with Crippen LogP contribution in [0.4, 0.5) is 4.39 Å². The van der Waals surface area contributed by atoms with Crippen molar-refractivity contribution in [3.05, 3.63) is 47.0 Å². The maximum absolute atomic E-state index is 13.5. The van der Waals surface area contributed by atoms with Crippen molar-refractivity contribution < 1.29 is 13.9 Å². The lowest BCUT2D eigenvalue weighted by molar-refractivity contribution is 0.0950. The van der Waals surface area contributed by atoms with Crippen LogP contribution < -0.4 is 10.1 Å². The number of methoxy groups -OCH3 is 1. The fraction of sp³-hybridized carbons (Fsp3) is 0.231. The van der Waals surface area contributed by atoms with Gasteiger partial charge in [-0.1, -0.05) is 0 Å². The van der Waals surface area contributed by atoms with Gasteiger partial charge in [-0.25, -0.2) is 4.39 Å². The first kappa shape index (κ1) is 13.1. The van der Waals surface area contributed by atoms with Gasteiger partial charge >= 0.3 is 0 Å². The maximum Gasteiger partial charge on any atom is 0.251 e. The number of aryl methyl sites for hydroxylation is 1. The minimum Gasteiger partial charge on any atom is -0.494 e. The van der Waals surface area contributed by atoms with Gasteiger partial charge in [0.15, 0.2) is 11.6 Å². The van der Waals surface area contributed by atoms with Gasteiger partial charge in [0.2, 0.25) is 0 Å². The van der Waals surface area contributed by atoms with E-state index in [1.807, 2.05) is 6.92 Å². The molecule has 1 heterocycles. The van der Waals surface area contributed by atoms with Gasteiger partial charge in [-0.3, -0.25) is 9.89 Å². The fourth-order valence-corrected chi connectivity index (χ4v) is 1.64. The van der Waals surface area contributed by atoms with Crippen LogP contribution in [0.3, 0.4) is 0 Å². The number of hydrogen-bond acceptors (Lipinski definition) is 3. The highest BCUT2D eigenvalue weighted by atomic mass is 19.1. The summed E-state index contributed by atoms with van der Waals surface area (Å²) < 4.78 is 18.3. The predicted molar refractivity (Wildman–Crippen MR) is 67.4 cm³/mol. The second kappa shape index (κ2) is 5.51. The molecule has 0 spiro atoms. The van der Waals surface area contributed by atoms with Crippen LogP contribution in [0.1, 0.15) is 21.6 Å². The summed E-state index contributed by atoms with van der Waals surface area (Å²) in [5, 5.41) is 9.34. The van der Waals surface area contributed by atoms with E-state index in [0.717, 1.165) is 17.3 Å². The van der Waals surface area contributed by atoms with Crippen molar-refractivity contribution in [2.24, 2.45) is 0 Å². The Morgan fingerprint density at radius 1 is 1.53 bits per heavy atom. The molecule has 19 heavy (non-hydrogen) atoms. The van der Waals surface area contributed by atoms with Gasteiger partial charge < -0.3 is 10.1 Å². The number of rotatable bonds is 4.